The van der Waals surface area contributed by atoms with Crippen LogP contribution in [0.15, 0.2) is 53.7 Å². The van der Waals surface area contributed by atoms with Crippen LogP contribution >= 0.6 is 0 Å². The number of aromatic hydroxyl groups is 1. The van der Waals surface area contributed by atoms with Crippen LogP contribution in [0.25, 0.3) is 10.9 Å². The average molecular weight is 343 g/mol. The Morgan fingerprint density at radius 3 is 2.62 bits per heavy atom. The molecule has 0 unspecified atom stereocenters. The average Bonchev–Trinajstić information content (AvgIpc) is 2.54. The first kappa shape index (κ1) is 16.2. The zero-order valence-corrected chi connectivity index (χ0v) is 14.1. The lowest BCUT2D eigenvalue weighted by molar-refractivity contribution is 0.474. The normalized spacial score (nSPS) is 12.9. The van der Waals surface area contributed by atoms with Crippen LogP contribution in [0.4, 0.5) is 5.82 Å². The topological polar surface area (TPSA) is 92.2 Å². The van der Waals surface area contributed by atoms with E-state index in [0.29, 0.717) is 16.7 Å². The third-order valence-corrected chi connectivity index (χ3v) is 4.87. The van der Waals surface area contributed by atoms with Crippen molar-refractivity contribution in [1.29, 1.82) is 0 Å². The maximum atomic E-state index is 11.8. The summed E-state index contributed by atoms with van der Waals surface area (Å²) < 4.78 is 23.6. The van der Waals surface area contributed by atoms with Crippen molar-refractivity contribution >= 4 is 26.6 Å². The van der Waals surface area contributed by atoms with Gasteiger partial charge in [0.2, 0.25) is 0 Å². The molecule has 0 bridgehead atoms. The molecular formula is C17H17N3O3S. The molecule has 124 valence electrons. The second-order valence-corrected chi connectivity index (χ2v) is 7.65. The van der Waals surface area contributed by atoms with Crippen molar-refractivity contribution in [2.24, 2.45) is 0 Å². The molecule has 0 aliphatic rings. The number of phenolic OH excluding ortho intramolecular Hbond substituents is 1. The number of hydrogen-bond acceptors (Lipinski definition) is 6. The Balaban J connectivity index is 2.02. The molecule has 7 heteroatoms. The highest BCUT2D eigenvalue weighted by Crippen LogP contribution is 2.27. The number of anilines is 1. The summed E-state index contributed by atoms with van der Waals surface area (Å²) in [5, 5.41) is 13.5. The van der Waals surface area contributed by atoms with Gasteiger partial charge in [-0.05, 0) is 42.8 Å². The van der Waals surface area contributed by atoms with Crippen molar-refractivity contribution in [3.8, 4) is 5.75 Å². The van der Waals surface area contributed by atoms with Gasteiger partial charge in [0.15, 0.2) is 9.84 Å². The molecule has 0 aliphatic carbocycles. The summed E-state index contributed by atoms with van der Waals surface area (Å²) in [5.41, 5.74) is 1.55. The van der Waals surface area contributed by atoms with Gasteiger partial charge in [0, 0.05) is 11.6 Å². The number of phenols is 1. The molecule has 0 radical (unpaired) electrons. The molecule has 3 aromatic rings. The smallest absolute Gasteiger partial charge is 0.175 e. The minimum absolute atomic E-state index is 0.128. The fourth-order valence-electron chi connectivity index (χ4n) is 2.46. The molecule has 0 amide bonds. The summed E-state index contributed by atoms with van der Waals surface area (Å²) in [6.45, 7) is 1.93. The molecule has 1 aromatic heterocycles. The van der Waals surface area contributed by atoms with Gasteiger partial charge in [-0.15, -0.1) is 0 Å². The van der Waals surface area contributed by atoms with Gasteiger partial charge < -0.3 is 10.4 Å². The van der Waals surface area contributed by atoms with Crippen molar-refractivity contribution < 1.29 is 13.5 Å². The van der Waals surface area contributed by atoms with Gasteiger partial charge in [-0.2, -0.15) is 0 Å². The quantitative estimate of drug-likeness (QED) is 0.757. The summed E-state index contributed by atoms with van der Waals surface area (Å²) >= 11 is 0. The number of sulfone groups is 1. The van der Waals surface area contributed by atoms with Crippen LogP contribution in [0.1, 0.15) is 18.5 Å². The summed E-state index contributed by atoms with van der Waals surface area (Å²) in [6.07, 6.45) is 2.60. The van der Waals surface area contributed by atoms with Crippen molar-refractivity contribution in [3.05, 3.63) is 54.4 Å². The van der Waals surface area contributed by atoms with Crippen molar-refractivity contribution in [2.75, 3.05) is 11.6 Å². The largest absolute Gasteiger partial charge is 0.508 e. The lowest BCUT2D eigenvalue weighted by Crippen LogP contribution is -2.09. The fourth-order valence-corrected chi connectivity index (χ4v) is 3.11. The second kappa shape index (κ2) is 6.09. The van der Waals surface area contributed by atoms with Crippen molar-refractivity contribution in [1.82, 2.24) is 9.97 Å². The maximum Gasteiger partial charge on any atom is 0.175 e. The van der Waals surface area contributed by atoms with E-state index in [0.717, 1.165) is 5.56 Å². The molecule has 6 nitrogen and oxygen atoms in total. The van der Waals surface area contributed by atoms with E-state index >= 15 is 0 Å². The molecule has 24 heavy (non-hydrogen) atoms. The Morgan fingerprint density at radius 1 is 1.12 bits per heavy atom. The molecule has 1 atom stereocenters. The van der Waals surface area contributed by atoms with Gasteiger partial charge in [-0.1, -0.05) is 12.1 Å². The molecule has 3 rings (SSSR count). The van der Waals surface area contributed by atoms with Crippen LogP contribution in [-0.4, -0.2) is 29.7 Å². The maximum absolute atomic E-state index is 11.8. The third-order valence-electron chi connectivity index (χ3n) is 3.76. The Kier molecular flexibility index (Phi) is 4.11. The van der Waals surface area contributed by atoms with E-state index in [2.05, 4.69) is 15.3 Å². The van der Waals surface area contributed by atoms with E-state index in [9.17, 15) is 13.5 Å². The predicted molar refractivity (Wildman–Crippen MR) is 92.8 cm³/mol. The number of benzene rings is 2. The summed E-state index contributed by atoms with van der Waals surface area (Å²) in [5.74, 6) is 0.731. The SMILES string of the molecule is C[C@@H](Nc1ncnc2ccc(S(C)(=O)=O)cc12)c1cccc(O)c1. The van der Waals surface area contributed by atoms with Gasteiger partial charge in [0.1, 0.15) is 17.9 Å². The Labute approximate surface area is 140 Å². The standard InChI is InChI=1S/C17H17N3O3S/c1-11(12-4-3-5-13(21)8-12)20-17-15-9-14(24(2,22)23)6-7-16(15)18-10-19-17/h3-11,21H,1-2H3,(H,18,19,20)/t11-/m1/s1. The van der Waals surface area contributed by atoms with Crippen LogP contribution in [0.5, 0.6) is 5.75 Å². The second-order valence-electron chi connectivity index (χ2n) is 5.63. The highest BCUT2D eigenvalue weighted by Gasteiger charge is 2.13. The van der Waals surface area contributed by atoms with Gasteiger partial charge in [0.25, 0.3) is 0 Å². The lowest BCUT2D eigenvalue weighted by Gasteiger charge is -2.16. The Hall–Kier alpha value is -2.67. The van der Waals surface area contributed by atoms with Gasteiger partial charge in [-0.3, -0.25) is 0 Å². The lowest BCUT2D eigenvalue weighted by atomic mass is 10.1. The zero-order valence-electron chi connectivity index (χ0n) is 13.3. The van der Waals surface area contributed by atoms with Crippen molar-refractivity contribution in [3.63, 3.8) is 0 Å². The number of hydrogen-bond donors (Lipinski definition) is 2. The summed E-state index contributed by atoms with van der Waals surface area (Å²) in [4.78, 5) is 8.63. The first-order valence-electron chi connectivity index (χ1n) is 7.35. The molecule has 0 saturated heterocycles. The van der Waals surface area contributed by atoms with E-state index < -0.39 is 9.84 Å². The number of nitrogens with zero attached hydrogens (tertiary/aromatic N) is 2. The first-order valence-corrected chi connectivity index (χ1v) is 9.24. The Bertz CT molecular complexity index is 1000. The zero-order chi connectivity index (χ0) is 17.3. The third kappa shape index (κ3) is 3.30. The number of fused-ring (bicyclic) bond motifs is 1. The number of nitrogens with one attached hydrogen (secondary N) is 1. The van der Waals surface area contributed by atoms with Crippen LogP contribution < -0.4 is 5.32 Å². The molecular weight excluding hydrogens is 326 g/mol. The Morgan fingerprint density at radius 2 is 1.92 bits per heavy atom. The monoisotopic (exact) mass is 343 g/mol. The molecule has 2 aromatic carbocycles. The molecule has 0 aliphatic heterocycles. The molecule has 1 heterocycles. The van der Waals surface area contributed by atoms with Crippen LogP contribution in [0.3, 0.4) is 0 Å². The van der Waals surface area contributed by atoms with Gasteiger partial charge in [0.05, 0.1) is 16.5 Å². The highest BCUT2D eigenvalue weighted by molar-refractivity contribution is 7.90. The molecule has 0 saturated carbocycles. The minimum atomic E-state index is -3.31. The van der Waals surface area contributed by atoms with E-state index in [4.69, 9.17) is 0 Å². The fraction of sp³-hybridized carbons (Fsp3) is 0.176. The van der Waals surface area contributed by atoms with Gasteiger partial charge >= 0.3 is 0 Å². The number of rotatable bonds is 4. The van der Waals surface area contributed by atoms with Gasteiger partial charge in [-0.25, -0.2) is 18.4 Å². The minimum Gasteiger partial charge on any atom is -0.508 e. The van der Waals surface area contributed by atoms with E-state index in [1.807, 2.05) is 13.0 Å². The van der Waals surface area contributed by atoms with Crippen LogP contribution in [0.2, 0.25) is 0 Å². The summed E-state index contributed by atoms with van der Waals surface area (Å²) in [7, 11) is -3.31. The number of aromatic nitrogens is 2. The first-order chi connectivity index (χ1) is 11.3. The molecule has 0 spiro atoms. The van der Waals surface area contributed by atoms with E-state index in [-0.39, 0.29) is 16.7 Å². The van der Waals surface area contributed by atoms with E-state index in [1.54, 1.807) is 30.3 Å². The van der Waals surface area contributed by atoms with Crippen LogP contribution in [-0.2, 0) is 9.84 Å². The highest BCUT2D eigenvalue weighted by atomic mass is 32.2. The van der Waals surface area contributed by atoms with E-state index in [1.165, 1.54) is 18.6 Å². The van der Waals surface area contributed by atoms with Crippen LogP contribution in [0, 0.1) is 0 Å². The molecule has 0 fully saturated rings. The van der Waals surface area contributed by atoms with Crippen molar-refractivity contribution in [2.45, 2.75) is 17.9 Å². The predicted octanol–water partition coefficient (Wildman–Crippen LogP) is 2.91. The molecule has 2 N–H and O–H groups in total. The summed E-state index contributed by atoms with van der Waals surface area (Å²) in [6, 6.07) is 11.6.